The van der Waals surface area contributed by atoms with Crippen molar-refractivity contribution in [3.05, 3.63) is 11.8 Å². The van der Waals surface area contributed by atoms with Crippen molar-refractivity contribution in [2.24, 2.45) is 0 Å². The predicted molar refractivity (Wildman–Crippen MR) is 73.4 cm³/mol. The van der Waals surface area contributed by atoms with Crippen LogP contribution in [0.25, 0.3) is 0 Å². The summed E-state index contributed by atoms with van der Waals surface area (Å²) in [5.74, 6) is 0.855. The maximum atomic E-state index is 9.41. The minimum absolute atomic E-state index is 0.192. The topological polar surface area (TPSA) is 87.5 Å². The monoisotopic (exact) mass is 269 g/mol. The van der Waals surface area contributed by atoms with Gasteiger partial charge in [0.1, 0.15) is 0 Å². The lowest BCUT2D eigenvalue weighted by Gasteiger charge is -2.29. The number of aliphatic hydroxyl groups is 2. The van der Waals surface area contributed by atoms with Gasteiger partial charge in [-0.3, -0.25) is 0 Å². The quantitative estimate of drug-likeness (QED) is 0.655. The van der Waals surface area contributed by atoms with Gasteiger partial charge in [0.15, 0.2) is 0 Å². The van der Waals surface area contributed by atoms with E-state index in [1.54, 1.807) is 6.07 Å². The fourth-order valence-corrected chi connectivity index (χ4v) is 1.55. The van der Waals surface area contributed by atoms with Crippen molar-refractivity contribution in [2.45, 2.75) is 39.2 Å². The van der Waals surface area contributed by atoms with E-state index in [0.29, 0.717) is 24.9 Å². The van der Waals surface area contributed by atoms with Crippen LogP contribution in [0.15, 0.2) is 6.07 Å². The number of aryl methyl sites for hydroxylation is 1. The van der Waals surface area contributed by atoms with Gasteiger partial charge in [0.2, 0.25) is 11.8 Å². The third-order valence-electron chi connectivity index (χ3n) is 2.94. The van der Waals surface area contributed by atoms with Crippen LogP contribution in [0.1, 0.15) is 32.4 Å². The summed E-state index contributed by atoms with van der Waals surface area (Å²) in [5, 5.41) is 21.8. The molecule has 1 aromatic heterocycles. The Morgan fingerprint density at radius 3 is 2.47 bits per heavy atom. The van der Waals surface area contributed by atoms with Gasteiger partial charge in [0.05, 0.1) is 25.4 Å². The van der Waals surface area contributed by atoms with Gasteiger partial charge in [-0.2, -0.15) is 4.98 Å². The molecular weight excluding hydrogens is 246 g/mol. The molecule has 3 N–H and O–H groups in total. The molecule has 0 fully saturated rings. The molecule has 0 saturated heterocycles. The minimum Gasteiger partial charge on any atom is -0.478 e. The van der Waals surface area contributed by atoms with E-state index < -0.39 is 5.54 Å². The Bertz CT molecular complexity index is 386. The average Bonchev–Trinajstić information content (AvgIpc) is 2.42. The highest BCUT2D eigenvalue weighted by Gasteiger charge is 2.27. The molecule has 0 radical (unpaired) electrons. The molecule has 0 aromatic carbocycles. The fraction of sp³-hybridized carbons (Fsp3) is 0.692. The highest BCUT2D eigenvalue weighted by atomic mass is 16.5. The van der Waals surface area contributed by atoms with E-state index in [4.69, 9.17) is 4.74 Å². The first-order valence-electron chi connectivity index (χ1n) is 6.57. The van der Waals surface area contributed by atoms with E-state index in [2.05, 4.69) is 15.3 Å². The van der Waals surface area contributed by atoms with Crippen molar-refractivity contribution >= 4 is 5.95 Å². The Morgan fingerprint density at radius 1 is 1.26 bits per heavy atom. The molecule has 0 unspecified atom stereocenters. The molecule has 0 aliphatic carbocycles. The SMILES string of the molecule is CCCOc1cc(C)nc(NC(CC)(CO)CO)n1. The van der Waals surface area contributed by atoms with Gasteiger partial charge in [0, 0.05) is 11.8 Å². The summed E-state index contributed by atoms with van der Waals surface area (Å²) >= 11 is 0. The van der Waals surface area contributed by atoms with Crippen molar-refractivity contribution in [3.63, 3.8) is 0 Å². The summed E-state index contributed by atoms with van der Waals surface area (Å²) in [6.07, 6.45) is 1.46. The van der Waals surface area contributed by atoms with Gasteiger partial charge in [-0.15, -0.1) is 0 Å². The Hall–Kier alpha value is -1.40. The number of anilines is 1. The molecule has 0 aliphatic heterocycles. The molecule has 0 bridgehead atoms. The third-order valence-corrected chi connectivity index (χ3v) is 2.94. The van der Waals surface area contributed by atoms with Crippen LogP contribution >= 0.6 is 0 Å². The summed E-state index contributed by atoms with van der Waals surface area (Å²) < 4.78 is 5.48. The van der Waals surface area contributed by atoms with Crippen LogP contribution in [0.3, 0.4) is 0 Å². The molecule has 1 rings (SSSR count). The van der Waals surface area contributed by atoms with E-state index in [1.165, 1.54) is 0 Å². The maximum Gasteiger partial charge on any atom is 0.226 e. The summed E-state index contributed by atoms with van der Waals surface area (Å²) in [6, 6.07) is 1.76. The van der Waals surface area contributed by atoms with Gasteiger partial charge < -0.3 is 20.3 Å². The minimum atomic E-state index is -0.810. The van der Waals surface area contributed by atoms with E-state index >= 15 is 0 Å². The highest BCUT2D eigenvalue weighted by Crippen LogP contribution is 2.18. The number of aliphatic hydroxyl groups excluding tert-OH is 2. The first-order valence-corrected chi connectivity index (χ1v) is 6.57. The normalized spacial score (nSPS) is 11.4. The smallest absolute Gasteiger partial charge is 0.226 e. The average molecular weight is 269 g/mol. The first kappa shape index (κ1) is 15.7. The Morgan fingerprint density at radius 2 is 1.95 bits per heavy atom. The van der Waals surface area contributed by atoms with Gasteiger partial charge >= 0.3 is 0 Å². The standard InChI is InChI=1S/C13H23N3O3/c1-4-6-19-11-7-10(3)14-12(15-11)16-13(5-2,8-17)9-18/h7,17-18H,4-6,8-9H2,1-3H3,(H,14,15,16). The summed E-state index contributed by atoms with van der Waals surface area (Å²) in [6.45, 7) is 5.95. The Labute approximate surface area is 113 Å². The number of rotatable bonds is 8. The number of nitrogens with one attached hydrogen (secondary N) is 1. The molecule has 6 heteroatoms. The Kier molecular flexibility index (Phi) is 5.98. The van der Waals surface area contributed by atoms with Crippen molar-refractivity contribution in [2.75, 3.05) is 25.1 Å². The zero-order valence-corrected chi connectivity index (χ0v) is 11.8. The fourth-order valence-electron chi connectivity index (χ4n) is 1.55. The van der Waals surface area contributed by atoms with Gasteiger partial charge in [0.25, 0.3) is 0 Å². The number of ether oxygens (including phenoxy) is 1. The molecular formula is C13H23N3O3. The van der Waals surface area contributed by atoms with Crippen LogP contribution in [-0.2, 0) is 0 Å². The van der Waals surface area contributed by atoms with Crippen LogP contribution in [0.2, 0.25) is 0 Å². The van der Waals surface area contributed by atoms with Gasteiger partial charge in [-0.1, -0.05) is 13.8 Å². The molecule has 0 saturated carbocycles. The lowest BCUT2D eigenvalue weighted by atomic mass is 9.99. The second-order valence-corrected chi connectivity index (χ2v) is 4.59. The number of nitrogens with zero attached hydrogens (tertiary/aromatic N) is 2. The summed E-state index contributed by atoms with van der Waals surface area (Å²) in [7, 11) is 0. The molecule has 1 heterocycles. The van der Waals surface area contributed by atoms with Gasteiger partial charge in [-0.25, -0.2) is 4.98 Å². The number of hydrogen-bond donors (Lipinski definition) is 3. The highest BCUT2D eigenvalue weighted by molar-refractivity contribution is 5.34. The van der Waals surface area contributed by atoms with E-state index in [1.807, 2.05) is 20.8 Å². The molecule has 0 atom stereocenters. The molecule has 1 aromatic rings. The van der Waals surface area contributed by atoms with Crippen LogP contribution < -0.4 is 10.1 Å². The lowest BCUT2D eigenvalue weighted by Crippen LogP contribution is -2.45. The van der Waals surface area contributed by atoms with Crippen molar-refractivity contribution in [3.8, 4) is 5.88 Å². The van der Waals surface area contributed by atoms with Crippen LogP contribution in [0.5, 0.6) is 5.88 Å². The number of hydrogen-bond acceptors (Lipinski definition) is 6. The lowest BCUT2D eigenvalue weighted by molar-refractivity contribution is 0.132. The Balaban J connectivity index is 2.90. The molecule has 0 amide bonds. The van der Waals surface area contributed by atoms with E-state index in [9.17, 15) is 10.2 Å². The zero-order chi connectivity index (χ0) is 14.3. The second-order valence-electron chi connectivity index (χ2n) is 4.59. The van der Waals surface area contributed by atoms with Crippen LogP contribution in [0, 0.1) is 6.92 Å². The maximum absolute atomic E-state index is 9.41. The largest absolute Gasteiger partial charge is 0.478 e. The first-order chi connectivity index (χ1) is 9.09. The summed E-state index contributed by atoms with van der Waals surface area (Å²) in [4.78, 5) is 8.48. The van der Waals surface area contributed by atoms with Crippen molar-refractivity contribution < 1.29 is 14.9 Å². The molecule has 0 aliphatic rings. The molecule has 108 valence electrons. The molecule has 19 heavy (non-hydrogen) atoms. The molecule has 0 spiro atoms. The van der Waals surface area contributed by atoms with E-state index in [-0.39, 0.29) is 13.2 Å². The summed E-state index contributed by atoms with van der Waals surface area (Å²) in [5.41, 5.74) is -0.0417. The number of aromatic nitrogens is 2. The van der Waals surface area contributed by atoms with Crippen LogP contribution in [-0.4, -0.2) is 45.5 Å². The van der Waals surface area contributed by atoms with Gasteiger partial charge in [-0.05, 0) is 19.8 Å². The zero-order valence-electron chi connectivity index (χ0n) is 11.8. The van der Waals surface area contributed by atoms with Crippen molar-refractivity contribution in [1.82, 2.24) is 9.97 Å². The molecule has 6 nitrogen and oxygen atoms in total. The van der Waals surface area contributed by atoms with E-state index in [0.717, 1.165) is 12.1 Å². The predicted octanol–water partition coefficient (Wildman–Crippen LogP) is 1.12. The van der Waals surface area contributed by atoms with Crippen molar-refractivity contribution in [1.29, 1.82) is 0 Å². The third kappa shape index (κ3) is 4.33. The second kappa shape index (κ2) is 7.25. The van der Waals surface area contributed by atoms with Crippen LogP contribution in [0.4, 0.5) is 5.95 Å².